The quantitative estimate of drug-likeness (QED) is 0.780. The lowest BCUT2D eigenvalue weighted by molar-refractivity contribution is 0.401. The van der Waals surface area contributed by atoms with Gasteiger partial charge in [0.05, 0.1) is 0 Å². The minimum atomic E-state index is 0.883. The van der Waals surface area contributed by atoms with Crippen LogP contribution in [0.4, 0.5) is 11.4 Å². The van der Waals surface area contributed by atoms with Gasteiger partial charge in [-0.15, -0.1) is 0 Å². The van der Waals surface area contributed by atoms with Crippen LogP contribution in [-0.2, 0) is 6.42 Å². The Morgan fingerprint density at radius 1 is 1.38 bits per heavy atom. The van der Waals surface area contributed by atoms with Crippen LogP contribution in [0.1, 0.15) is 12.0 Å². The van der Waals surface area contributed by atoms with Gasteiger partial charge >= 0.3 is 0 Å². The highest BCUT2D eigenvalue weighted by Gasteiger charge is 2.18. The number of benzene rings is 1. The Kier molecular flexibility index (Phi) is 3.34. The van der Waals surface area contributed by atoms with E-state index in [1.807, 2.05) is 6.07 Å². The van der Waals surface area contributed by atoms with Gasteiger partial charge in [-0.25, -0.2) is 0 Å². The maximum atomic E-state index is 5.79. The molecule has 0 aromatic heterocycles. The molecule has 2 rings (SSSR count). The molecule has 0 radical (unpaired) electrons. The second kappa shape index (κ2) is 4.74. The minimum absolute atomic E-state index is 0.883. The molecule has 3 heteroatoms. The standard InChI is InChI=1S/C13H21N3/c1-15(2)7-3-8-16-9-6-11-10-12(14)4-5-13(11)16/h4-5,10H,3,6-9,14H2,1-2H3. The molecule has 0 amide bonds. The van der Waals surface area contributed by atoms with Crippen LogP contribution in [-0.4, -0.2) is 38.6 Å². The van der Waals surface area contributed by atoms with Crippen LogP contribution in [0, 0.1) is 0 Å². The number of nitrogens with two attached hydrogens (primary N) is 1. The summed E-state index contributed by atoms with van der Waals surface area (Å²) in [5.74, 6) is 0. The molecule has 0 aliphatic carbocycles. The molecule has 0 unspecified atom stereocenters. The zero-order valence-corrected chi connectivity index (χ0v) is 10.2. The van der Waals surface area contributed by atoms with Gasteiger partial charge in [0, 0.05) is 24.5 Å². The van der Waals surface area contributed by atoms with E-state index in [1.54, 1.807) is 0 Å². The smallest absolute Gasteiger partial charge is 0.0401 e. The van der Waals surface area contributed by atoms with Gasteiger partial charge in [0.15, 0.2) is 0 Å². The van der Waals surface area contributed by atoms with E-state index in [-0.39, 0.29) is 0 Å². The Bertz CT molecular complexity index is 360. The van der Waals surface area contributed by atoms with Gasteiger partial charge in [0.1, 0.15) is 0 Å². The fraction of sp³-hybridized carbons (Fsp3) is 0.538. The lowest BCUT2D eigenvalue weighted by Gasteiger charge is -2.20. The number of hydrogen-bond donors (Lipinski definition) is 1. The van der Waals surface area contributed by atoms with Crippen LogP contribution < -0.4 is 10.6 Å². The molecule has 2 N–H and O–H groups in total. The van der Waals surface area contributed by atoms with E-state index in [0.717, 1.165) is 31.7 Å². The average Bonchev–Trinajstić information content (AvgIpc) is 2.60. The molecule has 0 fully saturated rings. The van der Waals surface area contributed by atoms with E-state index in [2.05, 4.69) is 36.0 Å². The third-order valence-corrected chi connectivity index (χ3v) is 3.13. The summed E-state index contributed by atoms with van der Waals surface area (Å²) >= 11 is 0. The Labute approximate surface area is 97.8 Å². The first kappa shape index (κ1) is 11.3. The third-order valence-electron chi connectivity index (χ3n) is 3.13. The zero-order valence-electron chi connectivity index (χ0n) is 10.2. The van der Waals surface area contributed by atoms with E-state index < -0.39 is 0 Å². The Hall–Kier alpha value is -1.22. The molecule has 0 saturated heterocycles. The van der Waals surface area contributed by atoms with Gasteiger partial charge in [0.25, 0.3) is 0 Å². The maximum Gasteiger partial charge on any atom is 0.0401 e. The van der Waals surface area contributed by atoms with Crippen molar-refractivity contribution in [3.63, 3.8) is 0 Å². The molecule has 0 saturated carbocycles. The van der Waals surface area contributed by atoms with Gasteiger partial charge in [0.2, 0.25) is 0 Å². The van der Waals surface area contributed by atoms with E-state index in [0.29, 0.717) is 0 Å². The van der Waals surface area contributed by atoms with Crippen LogP contribution in [0.3, 0.4) is 0 Å². The van der Waals surface area contributed by atoms with E-state index in [1.165, 1.54) is 17.7 Å². The molecule has 1 aliphatic heterocycles. The Morgan fingerprint density at radius 3 is 2.94 bits per heavy atom. The maximum absolute atomic E-state index is 5.79. The van der Waals surface area contributed by atoms with Crippen molar-refractivity contribution in [2.75, 3.05) is 44.4 Å². The van der Waals surface area contributed by atoms with E-state index in [9.17, 15) is 0 Å². The van der Waals surface area contributed by atoms with Crippen molar-refractivity contribution in [1.82, 2.24) is 4.90 Å². The lowest BCUT2D eigenvalue weighted by atomic mass is 10.1. The number of hydrogen-bond acceptors (Lipinski definition) is 3. The largest absolute Gasteiger partial charge is 0.399 e. The molecule has 1 aromatic rings. The van der Waals surface area contributed by atoms with Gasteiger partial charge < -0.3 is 15.5 Å². The SMILES string of the molecule is CN(C)CCCN1CCc2cc(N)ccc21. The molecule has 3 nitrogen and oxygen atoms in total. The summed E-state index contributed by atoms with van der Waals surface area (Å²) in [6, 6.07) is 6.28. The predicted molar refractivity (Wildman–Crippen MR) is 69.9 cm³/mol. The molecule has 0 spiro atoms. The van der Waals surface area contributed by atoms with Crippen molar-refractivity contribution in [1.29, 1.82) is 0 Å². The van der Waals surface area contributed by atoms with Crippen molar-refractivity contribution in [2.24, 2.45) is 0 Å². The first-order chi connectivity index (χ1) is 7.66. The number of anilines is 2. The molecule has 88 valence electrons. The molecule has 1 heterocycles. The van der Waals surface area contributed by atoms with Crippen molar-refractivity contribution in [3.05, 3.63) is 23.8 Å². The fourth-order valence-electron chi connectivity index (χ4n) is 2.30. The van der Waals surface area contributed by atoms with Crippen molar-refractivity contribution in [2.45, 2.75) is 12.8 Å². The van der Waals surface area contributed by atoms with Gasteiger partial charge in [-0.3, -0.25) is 0 Å². The number of nitrogens with zero attached hydrogens (tertiary/aromatic N) is 2. The summed E-state index contributed by atoms with van der Waals surface area (Å²) in [6.07, 6.45) is 2.36. The molecule has 16 heavy (non-hydrogen) atoms. The highest BCUT2D eigenvalue weighted by Crippen LogP contribution is 2.29. The van der Waals surface area contributed by atoms with Crippen molar-refractivity contribution >= 4 is 11.4 Å². The lowest BCUT2D eigenvalue weighted by Crippen LogP contribution is -2.25. The predicted octanol–water partition coefficient (Wildman–Crippen LogP) is 1.58. The summed E-state index contributed by atoms with van der Waals surface area (Å²) in [5.41, 5.74) is 9.46. The van der Waals surface area contributed by atoms with Crippen LogP contribution in [0.2, 0.25) is 0 Å². The Morgan fingerprint density at radius 2 is 2.19 bits per heavy atom. The zero-order chi connectivity index (χ0) is 11.5. The monoisotopic (exact) mass is 219 g/mol. The molecular weight excluding hydrogens is 198 g/mol. The first-order valence-electron chi connectivity index (χ1n) is 5.95. The highest BCUT2D eigenvalue weighted by atomic mass is 15.2. The summed E-state index contributed by atoms with van der Waals surface area (Å²) in [7, 11) is 4.25. The molecule has 0 bridgehead atoms. The second-order valence-electron chi connectivity index (χ2n) is 4.78. The average molecular weight is 219 g/mol. The van der Waals surface area contributed by atoms with Gasteiger partial charge in [-0.1, -0.05) is 0 Å². The van der Waals surface area contributed by atoms with E-state index in [4.69, 9.17) is 5.73 Å². The Balaban J connectivity index is 1.95. The summed E-state index contributed by atoms with van der Waals surface area (Å²) in [4.78, 5) is 4.71. The first-order valence-corrected chi connectivity index (χ1v) is 5.95. The number of rotatable bonds is 4. The van der Waals surface area contributed by atoms with Crippen LogP contribution in [0.15, 0.2) is 18.2 Å². The van der Waals surface area contributed by atoms with Gasteiger partial charge in [-0.2, -0.15) is 0 Å². The molecular formula is C13H21N3. The molecule has 1 aliphatic rings. The van der Waals surface area contributed by atoms with Crippen LogP contribution in [0.25, 0.3) is 0 Å². The fourth-order valence-corrected chi connectivity index (χ4v) is 2.30. The third kappa shape index (κ3) is 2.47. The van der Waals surface area contributed by atoms with Crippen LogP contribution in [0.5, 0.6) is 0 Å². The minimum Gasteiger partial charge on any atom is -0.399 e. The van der Waals surface area contributed by atoms with Gasteiger partial charge in [-0.05, 0) is 57.2 Å². The normalized spacial score (nSPS) is 14.6. The van der Waals surface area contributed by atoms with Crippen molar-refractivity contribution < 1.29 is 0 Å². The van der Waals surface area contributed by atoms with Crippen LogP contribution >= 0.6 is 0 Å². The summed E-state index contributed by atoms with van der Waals surface area (Å²) in [5, 5.41) is 0. The van der Waals surface area contributed by atoms with Crippen molar-refractivity contribution in [3.8, 4) is 0 Å². The summed E-state index contributed by atoms with van der Waals surface area (Å²) in [6.45, 7) is 3.45. The van der Waals surface area contributed by atoms with E-state index >= 15 is 0 Å². The number of nitrogen functional groups attached to an aromatic ring is 1. The molecule has 0 atom stereocenters. The second-order valence-corrected chi connectivity index (χ2v) is 4.78. The number of fused-ring (bicyclic) bond motifs is 1. The summed E-state index contributed by atoms with van der Waals surface area (Å²) < 4.78 is 0. The molecule has 1 aromatic carbocycles. The topological polar surface area (TPSA) is 32.5 Å². The highest BCUT2D eigenvalue weighted by molar-refractivity contribution is 5.62.